The second kappa shape index (κ2) is 11.9. The van der Waals surface area contributed by atoms with Crippen LogP contribution in [0.1, 0.15) is 50.2 Å². The van der Waals surface area contributed by atoms with Crippen LogP contribution in [0.4, 0.5) is 4.79 Å². The first-order valence-corrected chi connectivity index (χ1v) is 13.6. The number of thioether (sulfide) groups is 1. The minimum Gasteiger partial charge on any atom is -0.490 e. The van der Waals surface area contributed by atoms with Crippen molar-refractivity contribution in [3.63, 3.8) is 0 Å². The SMILES string of the molecule is CCOc1cc(/C=C2/SC(=O)N(CC3CCCCC3)C2=O)cc(Cl)c1OCc1ccc(Cl)cc1Cl. The Hall–Kier alpha value is -1.86. The molecule has 186 valence electrons. The number of rotatable bonds is 8. The molecule has 5 nitrogen and oxygen atoms in total. The van der Waals surface area contributed by atoms with Gasteiger partial charge in [0.25, 0.3) is 11.1 Å². The van der Waals surface area contributed by atoms with E-state index in [9.17, 15) is 9.59 Å². The van der Waals surface area contributed by atoms with Crippen LogP contribution in [0, 0.1) is 5.92 Å². The van der Waals surface area contributed by atoms with Crippen LogP contribution >= 0.6 is 46.6 Å². The van der Waals surface area contributed by atoms with Gasteiger partial charge in [-0.1, -0.05) is 60.1 Å². The molecule has 0 bridgehead atoms. The lowest BCUT2D eigenvalue weighted by molar-refractivity contribution is -0.123. The molecule has 0 radical (unpaired) electrons. The lowest BCUT2D eigenvalue weighted by Gasteiger charge is -2.25. The van der Waals surface area contributed by atoms with Crippen molar-refractivity contribution in [2.45, 2.75) is 45.6 Å². The molecular formula is C26H26Cl3NO4S. The minimum atomic E-state index is -0.252. The maximum absolute atomic E-state index is 13.0. The number of ether oxygens (including phenoxy) is 2. The van der Waals surface area contributed by atoms with Crippen LogP contribution in [-0.2, 0) is 11.4 Å². The summed E-state index contributed by atoms with van der Waals surface area (Å²) >= 11 is 19.7. The Bertz CT molecular complexity index is 1150. The predicted octanol–water partition coefficient (Wildman–Crippen LogP) is 8.24. The van der Waals surface area contributed by atoms with Gasteiger partial charge in [0.05, 0.1) is 16.5 Å². The molecular weight excluding hydrogens is 529 g/mol. The molecule has 1 aliphatic heterocycles. The lowest BCUT2D eigenvalue weighted by Crippen LogP contribution is -2.34. The van der Waals surface area contributed by atoms with Crippen LogP contribution in [-0.4, -0.2) is 29.2 Å². The highest BCUT2D eigenvalue weighted by atomic mass is 35.5. The molecule has 1 saturated carbocycles. The van der Waals surface area contributed by atoms with Gasteiger partial charge in [0.2, 0.25) is 0 Å². The number of benzene rings is 2. The second-order valence-electron chi connectivity index (χ2n) is 8.58. The molecule has 1 aliphatic carbocycles. The zero-order chi connectivity index (χ0) is 24.9. The fraction of sp³-hybridized carbons (Fsp3) is 0.385. The topological polar surface area (TPSA) is 55.8 Å². The Kier molecular flexibility index (Phi) is 8.92. The third-order valence-corrected chi connectivity index (χ3v) is 7.83. The van der Waals surface area contributed by atoms with Gasteiger partial charge >= 0.3 is 0 Å². The van der Waals surface area contributed by atoms with E-state index >= 15 is 0 Å². The molecule has 4 rings (SSSR count). The first-order valence-electron chi connectivity index (χ1n) is 11.6. The number of amides is 2. The van der Waals surface area contributed by atoms with Crippen LogP contribution in [0.25, 0.3) is 6.08 Å². The Morgan fingerprint density at radius 2 is 1.80 bits per heavy atom. The van der Waals surface area contributed by atoms with E-state index in [1.807, 2.05) is 6.92 Å². The summed E-state index contributed by atoms with van der Waals surface area (Å²) in [4.78, 5) is 27.3. The number of nitrogens with zero attached hydrogens (tertiary/aromatic N) is 1. The van der Waals surface area contributed by atoms with Gasteiger partial charge in [-0.05, 0) is 73.4 Å². The van der Waals surface area contributed by atoms with Crippen molar-refractivity contribution in [2.75, 3.05) is 13.2 Å². The molecule has 35 heavy (non-hydrogen) atoms. The first-order chi connectivity index (χ1) is 16.9. The molecule has 0 aromatic heterocycles. The van der Waals surface area contributed by atoms with Crippen molar-refractivity contribution in [3.8, 4) is 11.5 Å². The summed E-state index contributed by atoms with van der Waals surface area (Å²) < 4.78 is 11.7. The number of carbonyl (C=O) groups is 2. The fourth-order valence-corrected chi connectivity index (χ4v) is 5.88. The highest BCUT2D eigenvalue weighted by Crippen LogP contribution is 2.40. The quantitative estimate of drug-likeness (QED) is 0.308. The molecule has 0 atom stereocenters. The van der Waals surface area contributed by atoms with E-state index < -0.39 is 0 Å². The van der Waals surface area contributed by atoms with Crippen LogP contribution in [0.5, 0.6) is 11.5 Å². The van der Waals surface area contributed by atoms with E-state index in [0.29, 0.717) is 56.1 Å². The Morgan fingerprint density at radius 1 is 1.03 bits per heavy atom. The minimum absolute atomic E-state index is 0.176. The summed E-state index contributed by atoms with van der Waals surface area (Å²) in [6.45, 7) is 2.93. The number of halogens is 3. The van der Waals surface area contributed by atoms with Crippen molar-refractivity contribution in [1.82, 2.24) is 4.90 Å². The van der Waals surface area contributed by atoms with E-state index in [1.54, 1.807) is 36.4 Å². The van der Waals surface area contributed by atoms with Crippen LogP contribution in [0.15, 0.2) is 35.2 Å². The lowest BCUT2D eigenvalue weighted by atomic mass is 9.89. The molecule has 1 heterocycles. The zero-order valence-electron chi connectivity index (χ0n) is 19.3. The first kappa shape index (κ1) is 26.2. The maximum atomic E-state index is 13.0. The summed E-state index contributed by atoms with van der Waals surface area (Å²) in [5.74, 6) is 0.957. The second-order valence-corrected chi connectivity index (χ2v) is 10.8. The summed E-state index contributed by atoms with van der Waals surface area (Å²) in [5.41, 5.74) is 1.41. The van der Waals surface area contributed by atoms with E-state index in [0.717, 1.165) is 43.0 Å². The highest BCUT2D eigenvalue weighted by Gasteiger charge is 2.36. The molecule has 1 saturated heterocycles. The van der Waals surface area contributed by atoms with Crippen LogP contribution in [0.2, 0.25) is 15.1 Å². The summed E-state index contributed by atoms with van der Waals surface area (Å²) in [7, 11) is 0. The Labute approximate surface area is 224 Å². The zero-order valence-corrected chi connectivity index (χ0v) is 22.4. The molecule has 0 N–H and O–H groups in total. The van der Waals surface area contributed by atoms with Gasteiger partial charge in [0, 0.05) is 22.2 Å². The fourth-order valence-electron chi connectivity index (χ4n) is 4.30. The van der Waals surface area contributed by atoms with Gasteiger partial charge < -0.3 is 9.47 Å². The van der Waals surface area contributed by atoms with Crippen molar-refractivity contribution < 1.29 is 19.1 Å². The standard InChI is InChI=1S/C26H26Cl3NO4S/c1-2-33-22-11-17(10-21(29)24(22)34-15-18-8-9-19(27)13-20(18)28)12-23-25(31)30(26(32)35-23)14-16-6-4-3-5-7-16/h8-13,16H,2-7,14-15H2,1H3/b23-12+. The van der Waals surface area contributed by atoms with E-state index in [1.165, 1.54) is 11.3 Å². The van der Waals surface area contributed by atoms with E-state index in [4.69, 9.17) is 44.3 Å². The molecule has 9 heteroatoms. The molecule has 0 spiro atoms. The molecule has 0 unspecified atom stereocenters. The van der Waals surface area contributed by atoms with Crippen molar-refractivity contribution in [3.05, 3.63) is 61.4 Å². The smallest absolute Gasteiger partial charge is 0.293 e. The predicted molar refractivity (Wildman–Crippen MR) is 143 cm³/mol. The number of imide groups is 1. The van der Waals surface area contributed by atoms with Gasteiger partial charge in [-0.15, -0.1) is 0 Å². The van der Waals surface area contributed by atoms with Gasteiger partial charge in [-0.3, -0.25) is 14.5 Å². The average Bonchev–Trinajstić information content (AvgIpc) is 3.08. The van der Waals surface area contributed by atoms with Crippen LogP contribution in [0.3, 0.4) is 0 Å². The molecule has 2 aliphatic rings. The normalized spacial score (nSPS) is 17.9. The number of hydrogen-bond acceptors (Lipinski definition) is 5. The third kappa shape index (κ3) is 6.48. The van der Waals surface area contributed by atoms with Gasteiger partial charge in [0.15, 0.2) is 11.5 Å². The summed E-state index contributed by atoms with van der Waals surface area (Å²) in [6.07, 6.45) is 7.36. The Morgan fingerprint density at radius 3 is 2.51 bits per heavy atom. The highest BCUT2D eigenvalue weighted by molar-refractivity contribution is 8.18. The van der Waals surface area contributed by atoms with E-state index in [2.05, 4.69) is 0 Å². The molecule has 2 fully saturated rings. The number of hydrogen-bond donors (Lipinski definition) is 0. The molecule has 2 aromatic rings. The van der Waals surface area contributed by atoms with Crippen molar-refractivity contribution >= 4 is 63.8 Å². The van der Waals surface area contributed by atoms with Gasteiger partial charge in [-0.25, -0.2) is 0 Å². The third-order valence-electron chi connectivity index (χ3n) is 6.06. The Balaban J connectivity index is 1.52. The van der Waals surface area contributed by atoms with Crippen molar-refractivity contribution in [2.24, 2.45) is 5.92 Å². The van der Waals surface area contributed by atoms with Gasteiger partial charge in [-0.2, -0.15) is 0 Å². The molecule has 2 aromatic carbocycles. The maximum Gasteiger partial charge on any atom is 0.293 e. The van der Waals surface area contributed by atoms with Crippen molar-refractivity contribution in [1.29, 1.82) is 0 Å². The summed E-state index contributed by atoms with van der Waals surface area (Å²) in [5, 5.41) is 1.14. The largest absolute Gasteiger partial charge is 0.490 e. The monoisotopic (exact) mass is 553 g/mol. The summed E-state index contributed by atoms with van der Waals surface area (Å²) in [6, 6.07) is 8.62. The van der Waals surface area contributed by atoms with Gasteiger partial charge in [0.1, 0.15) is 6.61 Å². The number of carbonyl (C=O) groups excluding carboxylic acids is 2. The van der Waals surface area contributed by atoms with E-state index in [-0.39, 0.29) is 17.8 Å². The average molecular weight is 555 g/mol. The molecule has 2 amide bonds. The van der Waals surface area contributed by atoms with Crippen LogP contribution < -0.4 is 9.47 Å².